The second-order valence-electron chi connectivity index (χ2n) is 4.80. The van der Waals surface area contributed by atoms with E-state index in [9.17, 15) is 0 Å². The first-order chi connectivity index (χ1) is 8.61. The number of nitrogens with one attached hydrogen (secondary N) is 1. The van der Waals surface area contributed by atoms with E-state index < -0.39 is 0 Å². The molecule has 2 heterocycles. The number of hydrogen-bond acceptors (Lipinski definition) is 6. The summed E-state index contributed by atoms with van der Waals surface area (Å²) in [4.78, 5) is 0. The van der Waals surface area contributed by atoms with E-state index in [1.54, 1.807) is 6.07 Å². The Labute approximate surface area is 106 Å². The Morgan fingerprint density at radius 2 is 2.50 bits per heavy atom. The molecule has 0 bridgehead atoms. The van der Waals surface area contributed by atoms with Crippen LogP contribution in [0.3, 0.4) is 0 Å². The molecular formula is C12H16N4O2. The molecule has 1 aliphatic heterocycles. The van der Waals surface area contributed by atoms with Gasteiger partial charge in [-0.3, -0.25) is 0 Å². The van der Waals surface area contributed by atoms with E-state index in [-0.39, 0.29) is 17.6 Å². The lowest BCUT2D eigenvalue weighted by Crippen LogP contribution is -2.52. The topological polar surface area (TPSA) is 80.1 Å². The lowest BCUT2D eigenvalue weighted by Gasteiger charge is -2.36. The molecular weight excluding hydrogens is 232 g/mol. The van der Waals surface area contributed by atoms with Crippen molar-refractivity contribution in [3.8, 4) is 11.9 Å². The first-order valence-electron chi connectivity index (χ1n) is 5.84. The van der Waals surface area contributed by atoms with Crippen LogP contribution in [0.25, 0.3) is 0 Å². The molecule has 0 radical (unpaired) electrons. The average molecular weight is 248 g/mol. The zero-order valence-electron chi connectivity index (χ0n) is 10.5. The fourth-order valence-corrected chi connectivity index (χ4v) is 1.84. The molecule has 1 unspecified atom stereocenters. The molecule has 18 heavy (non-hydrogen) atoms. The van der Waals surface area contributed by atoms with Gasteiger partial charge in [-0.05, 0) is 19.9 Å². The van der Waals surface area contributed by atoms with Gasteiger partial charge in [0.05, 0.1) is 11.8 Å². The van der Waals surface area contributed by atoms with Gasteiger partial charge in [0.15, 0.2) is 0 Å². The van der Waals surface area contributed by atoms with Gasteiger partial charge in [-0.1, -0.05) is 0 Å². The lowest BCUT2D eigenvalue weighted by atomic mass is 10.1. The van der Waals surface area contributed by atoms with Crippen molar-refractivity contribution in [2.24, 2.45) is 0 Å². The Hall–Kier alpha value is -1.71. The Kier molecular flexibility index (Phi) is 3.75. The number of nitriles is 1. The normalized spacial score (nSPS) is 22.2. The molecule has 6 heteroatoms. The van der Waals surface area contributed by atoms with Crippen LogP contribution in [0.2, 0.25) is 0 Å². The van der Waals surface area contributed by atoms with Crippen LogP contribution < -0.4 is 10.1 Å². The maximum Gasteiger partial charge on any atom is 0.251 e. The molecule has 0 amide bonds. The predicted octanol–water partition coefficient (Wildman–Crippen LogP) is 0.494. The van der Waals surface area contributed by atoms with Gasteiger partial charge >= 0.3 is 0 Å². The third-order valence-electron chi connectivity index (χ3n) is 2.62. The average Bonchev–Trinajstić information content (AvgIpc) is 2.35. The van der Waals surface area contributed by atoms with E-state index in [1.807, 2.05) is 19.9 Å². The third kappa shape index (κ3) is 3.15. The van der Waals surface area contributed by atoms with Gasteiger partial charge in [0.25, 0.3) is 5.88 Å². The summed E-state index contributed by atoms with van der Waals surface area (Å²) in [5, 5.41) is 19.7. The molecule has 1 aliphatic rings. The van der Waals surface area contributed by atoms with E-state index in [1.165, 1.54) is 6.20 Å². The summed E-state index contributed by atoms with van der Waals surface area (Å²) in [6.45, 7) is 5.94. The summed E-state index contributed by atoms with van der Waals surface area (Å²) in [5.74, 6) is 0.256. The van der Waals surface area contributed by atoms with Gasteiger partial charge in [0.2, 0.25) is 0 Å². The van der Waals surface area contributed by atoms with Crippen molar-refractivity contribution < 1.29 is 9.47 Å². The molecule has 0 saturated carbocycles. The van der Waals surface area contributed by atoms with E-state index in [4.69, 9.17) is 14.7 Å². The minimum absolute atomic E-state index is 0.0534. The summed E-state index contributed by atoms with van der Waals surface area (Å²) < 4.78 is 11.4. The molecule has 1 fully saturated rings. The van der Waals surface area contributed by atoms with Crippen molar-refractivity contribution in [2.75, 3.05) is 19.7 Å². The SMILES string of the molecule is CC1(C)CNCC(COc2nnccc2C#N)O1. The lowest BCUT2D eigenvalue weighted by molar-refractivity contribution is -0.107. The summed E-state index contributed by atoms with van der Waals surface area (Å²) >= 11 is 0. The second kappa shape index (κ2) is 5.29. The predicted molar refractivity (Wildman–Crippen MR) is 64.1 cm³/mol. The number of ether oxygens (including phenoxy) is 2. The Morgan fingerprint density at radius 1 is 1.67 bits per heavy atom. The summed E-state index contributed by atoms with van der Waals surface area (Å²) in [7, 11) is 0. The summed E-state index contributed by atoms with van der Waals surface area (Å²) in [6.07, 6.45) is 1.41. The monoisotopic (exact) mass is 248 g/mol. The minimum Gasteiger partial charge on any atom is -0.473 e. The highest BCUT2D eigenvalue weighted by atomic mass is 16.6. The molecule has 6 nitrogen and oxygen atoms in total. The highest BCUT2D eigenvalue weighted by Crippen LogP contribution is 2.17. The number of aromatic nitrogens is 2. The zero-order chi connectivity index (χ0) is 13.0. The van der Waals surface area contributed by atoms with Crippen LogP contribution in [0.15, 0.2) is 12.3 Å². The van der Waals surface area contributed by atoms with Gasteiger partial charge in [0, 0.05) is 13.1 Å². The van der Waals surface area contributed by atoms with E-state index in [0.29, 0.717) is 12.2 Å². The van der Waals surface area contributed by atoms with Crippen LogP contribution in [0.1, 0.15) is 19.4 Å². The first kappa shape index (κ1) is 12.7. The fraction of sp³-hybridized carbons (Fsp3) is 0.583. The van der Waals surface area contributed by atoms with Gasteiger partial charge < -0.3 is 14.8 Å². The highest BCUT2D eigenvalue weighted by molar-refractivity contribution is 5.35. The largest absolute Gasteiger partial charge is 0.473 e. The van der Waals surface area contributed by atoms with Gasteiger partial charge in [-0.2, -0.15) is 10.4 Å². The van der Waals surface area contributed by atoms with Crippen molar-refractivity contribution >= 4 is 0 Å². The minimum atomic E-state index is -0.202. The van der Waals surface area contributed by atoms with Gasteiger partial charge in [-0.15, -0.1) is 5.10 Å². The Balaban J connectivity index is 1.94. The molecule has 1 aromatic heterocycles. The molecule has 1 atom stereocenters. The highest BCUT2D eigenvalue weighted by Gasteiger charge is 2.28. The van der Waals surface area contributed by atoms with Crippen LogP contribution in [0.4, 0.5) is 0 Å². The Bertz CT molecular complexity index is 456. The molecule has 1 aromatic rings. The molecule has 0 spiro atoms. The number of nitrogens with zero attached hydrogens (tertiary/aromatic N) is 3. The molecule has 1 N–H and O–H groups in total. The maximum atomic E-state index is 8.90. The van der Waals surface area contributed by atoms with E-state index in [2.05, 4.69) is 15.5 Å². The molecule has 2 rings (SSSR count). The number of hydrogen-bond donors (Lipinski definition) is 1. The number of morpholine rings is 1. The zero-order valence-corrected chi connectivity index (χ0v) is 10.5. The maximum absolute atomic E-state index is 8.90. The summed E-state index contributed by atoms with van der Waals surface area (Å²) in [5.41, 5.74) is 0.181. The van der Waals surface area contributed by atoms with Crippen LogP contribution in [0, 0.1) is 11.3 Å². The van der Waals surface area contributed by atoms with Crippen LogP contribution in [0.5, 0.6) is 5.88 Å². The van der Waals surface area contributed by atoms with E-state index in [0.717, 1.165) is 13.1 Å². The second-order valence-corrected chi connectivity index (χ2v) is 4.80. The van der Waals surface area contributed by atoms with Gasteiger partial charge in [0.1, 0.15) is 24.3 Å². The summed E-state index contributed by atoms with van der Waals surface area (Å²) in [6, 6.07) is 3.59. The molecule has 0 aromatic carbocycles. The van der Waals surface area contributed by atoms with Crippen LogP contribution in [-0.4, -0.2) is 41.6 Å². The van der Waals surface area contributed by atoms with Crippen LogP contribution >= 0.6 is 0 Å². The smallest absolute Gasteiger partial charge is 0.251 e. The van der Waals surface area contributed by atoms with Crippen molar-refractivity contribution in [3.05, 3.63) is 17.8 Å². The van der Waals surface area contributed by atoms with Crippen molar-refractivity contribution in [1.29, 1.82) is 5.26 Å². The molecule has 96 valence electrons. The third-order valence-corrected chi connectivity index (χ3v) is 2.62. The van der Waals surface area contributed by atoms with E-state index >= 15 is 0 Å². The quantitative estimate of drug-likeness (QED) is 0.838. The van der Waals surface area contributed by atoms with Crippen molar-refractivity contribution in [2.45, 2.75) is 25.6 Å². The number of rotatable bonds is 3. The fourth-order valence-electron chi connectivity index (χ4n) is 1.84. The Morgan fingerprint density at radius 3 is 3.22 bits per heavy atom. The standard InChI is InChI=1S/C12H16N4O2/c1-12(2)8-14-6-10(18-12)7-17-11-9(5-13)3-4-15-16-11/h3-4,10,14H,6-8H2,1-2H3. The van der Waals surface area contributed by atoms with Crippen molar-refractivity contribution in [3.63, 3.8) is 0 Å². The van der Waals surface area contributed by atoms with Gasteiger partial charge in [-0.25, -0.2) is 0 Å². The first-order valence-corrected chi connectivity index (χ1v) is 5.84. The molecule has 1 saturated heterocycles. The van der Waals surface area contributed by atoms with Crippen LogP contribution in [-0.2, 0) is 4.74 Å². The molecule has 0 aliphatic carbocycles. The van der Waals surface area contributed by atoms with Crippen molar-refractivity contribution in [1.82, 2.24) is 15.5 Å².